The van der Waals surface area contributed by atoms with Crippen molar-refractivity contribution < 1.29 is 0 Å². The van der Waals surface area contributed by atoms with Gasteiger partial charge in [0, 0.05) is 39.2 Å². The van der Waals surface area contributed by atoms with Crippen molar-refractivity contribution in [2.75, 3.05) is 9.80 Å². The maximum absolute atomic E-state index is 2.45. The fourth-order valence-electron chi connectivity index (χ4n) is 9.74. The summed E-state index contributed by atoms with van der Waals surface area (Å²) in [5, 5.41) is 7.63. The highest BCUT2D eigenvalue weighted by Crippen LogP contribution is 2.56. The van der Waals surface area contributed by atoms with Crippen molar-refractivity contribution >= 4 is 66.4 Å². The molecular formula is C57H42N2. The molecule has 0 unspecified atom stereocenters. The summed E-state index contributed by atoms with van der Waals surface area (Å²) in [6.45, 7) is 4.83. The number of benzene rings is 10. The highest BCUT2D eigenvalue weighted by molar-refractivity contribution is 6.19. The largest absolute Gasteiger partial charge is 0.310 e. The predicted octanol–water partition coefficient (Wildman–Crippen LogP) is 16.1. The van der Waals surface area contributed by atoms with Gasteiger partial charge in [-0.1, -0.05) is 159 Å². The standard InChI is InChI=1S/C57H42N2/c1-57(2)53-38-44(58(40-19-7-3-8-20-40)41-21-9-4-10-22-41)32-34-51(53)55-49-30-18-16-28-47(49)52-37-39(31-33-50(52)56(55)57)45-35-36-54(48-29-17-15-27-46(45)48)59(42-23-11-5-12-24-42)43-25-13-6-14-26-43/h3-38H,1-2H3. The van der Waals surface area contributed by atoms with Gasteiger partial charge < -0.3 is 9.80 Å². The summed E-state index contributed by atoms with van der Waals surface area (Å²) >= 11 is 0. The Hall–Kier alpha value is -7.42. The summed E-state index contributed by atoms with van der Waals surface area (Å²) in [5.74, 6) is 0. The Bertz CT molecular complexity index is 3090. The lowest BCUT2D eigenvalue weighted by Gasteiger charge is -2.28. The number of nitrogens with zero attached hydrogens (tertiary/aromatic N) is 2. The van der Waals surface area contributed by atoms with Crippen molar-refractivity contribution in [2.45, 2.75) is 19.3 Å². The zero-order valence-corrected chi connectivity index (χ0v) is 33.2. The van der Waals surface area contributed by atoms with E-state index in [1.54, 1.807) is 0 Å². The van der Waals surface area contributed by atoms with Crippen LogP contribution in [0.4, 0.5) is 34.1 Å². The topological polar surface area (TPSA) is 6.48 Å². The van der Waals surface area contributed by atoms with Gasteiger partial charge in [0.05, 0.1) is 5.69 Å². The number of anilines is 6. The van der Waals surface area contributed by atoms with Gasteiger partial charge in [-0.05, 0) is 133 Å². The summed E-state index contributed by atoms with van der Waals surface area (Å²) < 4.78 is 0. The van der Waals surface area contributed by atoms with E-state index in [0.717, 1.165) is 34.1 Å². The Kier molecular flexibility index (Phi) is 8.20. The molecule has 0 saturated heterocycles. The molecule has 0 N–H and O–H groups in total. The first-order valence-corrected chi connectivity index (χ1v) is 20.5. The van der Waals surface area contributed by atoms with E-state index < -0.39 is 0 Å². The van der Waals surface area contributed by atoms with Crippen LogP contribution in [0.25, 0.3) is 54.6 Å². The third kappa shape index (κ3) is 5.63. The molecule has 0 amide bonds. The van der Waals surface area contributed by atoms with Gasteiger partial charge in [0.25, 0.3) is 0 Å². The van der Waals surface area contributed by atoms with Crippen LogP contribution in [0.2, 0.25) is 0 Å². The highest BCUT2D eigenvalue weighted by Gasteiger charge is 2.39. The van der Waals surface area contributed by atoms with Crippen LogP contribution in [0.15, 0.2) is 218 Å². The molecule has 0 bridgehead atoms. The van der Waals surface area contributed by atoms with Crippen molar-refractivity contribution in [3.8, 4) is 22.3 Å². The fraction of sp³-hybridized carbons (Fsp3) is 0.0526. The summed E-state index contributed by atoms with van der Waals surface area (Å²) in [7, 11) is 0. The Morgan fingerprint density at radius 2 is 0.814 bits per heavy atom. The molecule has 1 aliphatic carbocycles. The van der Waals surface area contributed by atoms with Gasteiger partial charge in [0.1, 0.15) is 0 Å². The normalized spacial score (nSPS) is 12.7. The molecule has 59 heavy (non-hydrogen) atoms. The molecular weight excluding hydrogens is 713 g/mol. The zero-order valence-electron chi connectivity index (χ0n) is 33.2. The Balaban J connectivity index is 1.08. The average Bonchev–Trinajstić information content (AvgIpc) is 3.54. The van der Waals surface area contributed by atoms with Gasteiger partial charge in [-0.25, -0.2) is 0 Å². The second kappa shape index (κ2) is 13.9. The van der Waals surface area contributed by atoms with Crippen LogP contribution in [0, 0.1) is 0 Å². The van der Waals surface area contributed by atoms with E-state index >= 15 is 0 Å². The van der Waals surface area contributed by atoms with Crippen molar-refractivity contribution in [1.29, 1.82) is 0 Å². The minimum absolute atomic E-state index is 0.240. The average molecular weight is 755 g/mol. The maximum Gasteiger partial charge on any atom is 0.0540 e. The van der Waals surface area contributed by atoms with Crippen molar-refractivity contribution in [3.63, 3.8) is 0 Å². The van der Waals surface area contributed by atoms with Crippen LogP contribution in [0.5, 0.6) is 0 Å². The first-order chi connectivity index (χ1) is 29.1. The van der Waals surface area contributed by atoms with Gasteiger partial charge >= 0.3 is 0 Å². The van der Waals surface area contributed by atoms with Crippen LogP contribution in [-0.2, 0) is 5.41 Å². The SMILES string of the molecule is CC1(C)c2cc(N(c3ccccc3)c3ccccc3)ccc2-c2c1c1ccc(-c3ccc(N(c4ccccc4)c4ccccc4)c4ccccc34)cc1c1ccccc21. The summed E-state index contributed by atoms with van der Waals surface area (Å²) in [6, 6.07) is 79.6. The number of rotatable bonds is 7. The van der Waals surface area contributed by atoms with E-state index in [2.05, 4.69) is 242 Å². The molecule has 2 heteroatoms. The van der Waals surface area contributed by atoms with E-state index in [1.807, 2.05) is 0 Å². The smallest absolute Gasteiger partial charge is 0.0540 e. The fourth-order valence-corrected chi connectivity index (χ4v) is 9.74. The van der Waals surface area contributed by atoms with Gasteiger partial charge in [-0.2, -0.15) is 0 Å². The molecule has 1 aliphatic rings. The van der Waals surface area contributed by atoms with Crippen molar-refractivity contribution in [2.24, 2.45) is 0 Å². The molecule has 0 heterocycles. The number of hydrogen-bond donors (Lipinski definition) is 0. The lowest BCUT2D eigenvalue weighted by Crippen LogP contribution is -2.17. The molecule has 10 aromatic rings. The number of para-hydroxylation sites is 4. The van der Waals surface area contributed by atoms with E-state index in [0.29, 0.717) is 0 Å². The van der Waals surface area contributed by atoms with Gasteiger partial charge in [0.2, 0.25) is 0 Å². The predicted molar refractivity (Wildman–Crippen MR) is 251 cm³/mol. The van der Waals surface area contributed by atoms with Crippen LogP contribution >= 0.6 is 0 Å². The van der Waals surface area contributed by atoms with Crippen molar-refractivity contribution in [3.05, 3.63) is 230 Å². The van der Waals surface area contributed by atoms with Gasteiger partial charge in [-0.3, -0.25) is 0 Å². The minimum Gasteiger partial charge on any atom is -0.310 e. The van der Waals surface area contributed by atoms with E-state index in [1.165, 1.54) is 65.7 Å². The monoisotopic (exact) mass is 754 g/mol. The molecule has 0 spiro atoms. The third-order valence-electron chi connectivity index (χ3n) is 12.4. The Morgan fingerprint density at radius 1 is 0.322 bits per heavy atom. The molecule has 0 radical (unpaired) electrons. The van der Waals surface area contributed by atoms with Gasteiger partial charge in [0.15, 0.2) is 0 Å². The molecule has 2 nitrogen and oxygen atoms in total. The molecule has 280 valence electrons. The maximum atomic E-state index is 2.45. The zero-order chi connectivity index (χ0) is 39.5. The Labute approximate surface area is 345 Å². The van der Waals surface area contributed by atoms with Crippen LogP contribution in [0.3, 0.4) is 0 Å². The van der Waals surface area contributed by atoms with E-state index in [-0.39, 0.29) is 5.41 Å². The van der Waals surface area contributed by atoms with Crippen LogP contribution < -0.4 is 9.80 Å². The molecule has 11 rings (SSSR count). The lowest BCUT2D eigenvalue weighted by molar-refractivity contribution is 0.666. The quantitative estimate of drug-likeness (QED) is 0.150. The van der Waals surface area contributed by atoms with E-state index in [4.69, 9.17) is 0 Å². The highest BCUT2D eigenvalue weighted by atomic mass is 15.1. The molecule has 0 aromatic heterocycles. The molecule has 0 atom stereocenters. The summed E-state index contributed by atoms with van der Waals surface area (Å²) in [5.41, 5.74) is 14.5. The number of fused-ring (bicyclic) bond motifs is 9. The second-order valence-corrected chi connectivity index (χ2v) is 16.1. The van der Waals surface area contributed by atoms with Crippen LogP contribution in [-0.4, -0.2) is 0 Å². The lowest BCUT2D eigenvalue weighted by atomic mass is 9.78. The molecule has 0 saturated carbocycles. The first kappa shape index (κ1) is 34.8. The number of hydrogen-bond acceptors (Lipinski definition) is 2. The molecule has 0 fully saturated rings. The van der Waals surface area contributed by atoms with E-state index in [9.17, 15) is 0 Å². The second-order valence-electron chi connectivity index (χ2n) is 16.1. The van der Waals surface area contributed by atoms with Crippen molar-refractivity contribution in [1.82, 2.24) is 0 Å². The summed E-state index contributed by atoms with van der Waals surface area (Å²) in [6.07, 6.45) is 0. The third-order valence-corrected chi connectivity index (χ3v) is 12.4. The summed E-state index contributed by atoms with van der Waals surface area (Å²) in [4.78, 5) is 4.74. The first-order valence-electron chi connectivity index (χ1n) is 20.5. The molecule has 10 aromatic carbocycles. The molecule has 0 aliphatic heterocycles. The van der Waals surface area contributed by atoms with Crippen LogP contribution in [0.1, 0.15) is 25.0 Å². The van der Waals surface area contributed by atoms with Gasteiger partial charge in [-0.15, -0.1) is 0 Å². The minimum atomic E-state index is -0.240. The Morgan fingerprint density at radius 3 is 1.41 bits per heavy atom.